The Morgan fingerprint density at radius 1 is 1.29 bits per heavy atom. The van der Waals surface area contributed by atoms with E-state index in [1.54, 1.807) is 0 Å². The number of aliphatic hydroxyl groups excluding tert-OH is 3. The fourth-order valence-corrected chi connectivity index (χ4v) is 2.83. The van der Waals surface area contributed by atoms with Gasteiger partial charge in [0.1, 0.15) is 18.3 Å². The first-order chi connectivity index (χ1) is 13.5. The molecule has 4 atom stereocenters. The lowest BCUT2D eigenvalue weighted by atomic mass is 10.1. The average Bonchev–Trinajstić information content (AvgIpc) is 2.97. The molecule has 0 saturated carbocycles. The van der Waals surface area contributed by atoms with E-state index in [1.165, 1.54) is 18.7 Å². The average molecular weight is 400 g/mol. The van der Waals surface area contributed by atoms with Crippen LogP contribution in [0, 0.1) is 0 Å². The van der Waals surface area contributed by atoms with Crippen LogP contribution < -0.4 is 16.5 Å². The quantitative estimate of drug-likeness (QED) is 0.267. The summed E-state index contributed by atoms with van der Waals surface area (Å²) in [6.45, 7) is 2.12. The van der Waals surface area contributed by atoms with Gasteiger partial charge in [0.2, 0.25) is 0 Å². The van der Waals surface area contributed by atoms with E-state index in [4.69, 9.17) is 14.7 Å². The van der Waals surface area contributed by atoms with Gasteiger partial charge in [0.05, 0.1) is 6.61 Å². The molecule has 11 heteroatoms. The minimum absolute atomic E-state index is 0.00825. The molecule has 0 radical (unpaired) electrons. The van der Waals surface area contributed by atoms with Crippen LogP contribution in [0.25, 0.3) is 0 Å². The maximum atomic E-state index is 12.1. The smallest absolute Gasteiger partial charge is 0.394 e. The van der Waals surface area contributed by atoms with Crippen LogP contribution in [0.5, 0.6) is 0 Å². The van der Waals surface area contributed by atoms with Gasteiger partial charge >= 0.3 is 11.8 Å². The fraction of sp³-hybridized carbons (Fsp3) is 0.706. The number of nitrogens with one attached hydrogen (secondary N) is 2. The van der Waals surface area contributed by atoms with E-state index in [9.17, 15) is 19.8 Å². The molecule has 0 spiro atoms. The van der Waals surface area contributed by atoms with Crippen LogP contribution in [0.15, 0.2) is 17.1 Å². The predicted octanol–water partition coefficient (Wildman–Crippen LogP) is -0.122. The number of rotatable bonds is 10. The van der Waals surface area contributed by atoms with Crippen molar-refractivity contribution in [2.45, 2.75) is 63.6 Å². The first kappa shape index (κ1) is 22.1. The highest BCUT2D eigenvalue weighted by molar-refractivity contribution is 5.67. The van der Waals surface area contributed by atoms with Crippen LogP contribution in [0.3, 0.4) is 0 Å². The summed E-state index contributed by atoms with van der Waals surface area (Å²) in [6.07, 6.45) is 1.01. The van der Waals surface area contributed by atoms with Crippen molar-refractivity contribution in [2.75, 3.05) is 18.6 Å². The molecule has 5 N–H and O–H groups in total. The molecule has 0 aromatic carbocycles. The molecular formula is C17H28N4O7. The molecule has 28 heavy (non-hydrogen) atoms. The maximum absolute atomic E-state index is 12.1. The molecule has 2 rings (SSSR count). The molecule has 1 amide bonds. The van der Waals surface area contributed by atoms with Crippen molar-refractivity contribution >= 4 is 11.9 Å². The second kappa shape index (κ2) is 11.0. The SMILES string of the molecule is CCCCCCCNC(=O)ONc1ccn(C2OC(CO)C(O)C2O)c(=O)n1. The Bertz CT molecular complexity index is 684. The summed E-state index contributed by atoms with van der Waals surface area (Å²) in [7, 11) is 0. The lowest BCUT2D eigenvalue weighted by Crippen LogP contribution is -2.36. The Hall–Kier alpha value is -2.21. The first-order valence-electron chi connectivity index (χ1n) is 9.40. The number of aromatic nitrogens is 2. The number of unbranched alkanes of at least 4 members (excludes halogenated alkanes) is 4. The van der Waals surface area contributed by atoms with Crippen LogP contribution in [0.4, 0.5) is 10.6 Å². The lowest BCUT2D eigenvalue weighted by molar-refractivity contribution is -0.0549. The number of hydrogen-bond donors (Lipinski definition) is 5. The first-order valence-corrected chi connectivity index (χ1v) is 9.40. The highest BCUT2D eigenvalue weighted by Crippen LogP contribution is 2.28. The van der Waals surface area contributed by atoms with Gasteiger partial charge in [-0.25, -0.2) is 9.59 Å². The molecule has 1 fully saturated rings. The summed E-state index contributed by atoms with van der Waals surface area (Å²) in [5.41, 5.74) is 1.48. The minimum atomic E-state index is -1.39. The molecule has 1 aromatic rings. The molecular weight excluding hydrogens is 372 g/mol. The van der Waals surface area contributed by atoms with Gasteiger partial charge in [-0.2, -0.15) is 10.5 Å². The number of carbonyl (C=O) groups excluding carboxylic acids is 1. The Balaban J connectivity index is 1.81. The predicted molar refractivity (Wildman–Crippen MR) is 98.4 cm³/mol. The van der Waals surface area contributed by atoms with Crippen LogP contribution in [0.2, 0.25) is 0 Å². The Labute approximate surface area is 162 Å². The van der Waals surface area contributed by atoms with Gasteiger partial charge in [0.15, 0.2) is 12.0 Å². The Morgan fingerprint density at radius 3 is 2.68 bits per heavy atom. The third-order valence-electron chi connectivity index (χ3n) is 4.42. The fourth-order valence-electron chi connectivity index (χ4n) is 2.83. The number of ether oxygens (including phenoxy) is 1. The van der Waals surface area contributed by atoms with Gasteiger partial charge < -0.3 is 30.2 Å². The second-order valence-electron chi connectivity index (χ2n) is 6.56. The highest BCUT2D eigenvalue weighted by atomic mass is 16.7. The van der Waals surface area contributed by atoms with Crippen molar-refractivity contribution < 1.29 is 29.7 Å². The number of amides is 1. The molecule has 1 aliphatic heterocycles. The summed E-state index contributed by atoms with van der Waals surface area (Å²) in [4.78, 5) is 32.2. The summed E-state index contributed by atoms with van der Waals surface area (Å²) in [6, 6.07) is 1.34. The molecule has 1 aromatic heterocycles. The Morgan fingerprint density at radius 2 is 2.04 bits per heavy atom. The van der Waals surface area contributed by atoms with E-state index >= 15 is 0 Å². The van der Waals surface area contributed by atoms with Crippen LogP contribution in [-0.4, -0.2) is 62.4 Å². The summed E-state index contributed by atoms with van der Waals surface area (Å²) < 4.78 is 6.25. The molecule has 0 aliphatic carbocycles. The van der Waals surface area contributed by atoms with Crippen molar-refractivity contribution in [1.82, 2.24) is 14.9 Å². The third-order valence-corrected chi connectivity index (χ3v) is 4.42. The number of carbonyl (C=O) groups is 1. The number of nitrogens with zero attached hydrogens (tertiary/aromatic N) is 2. The molecule has 158 valence electrons. The van der Waals surface area contributed by atoms with E-state index < -0.39 is 42.9 Å². The zero-order valence-corrected chi connectivity index (χ0v) is 15.8. The molecule has 0 bridgehead atoms. The number of anilines is 1. The second-order valence-corrected chi connectivity index (χ2v) is 6.56. The van der Waals surface area contributed by atoms with E-state index in [0.717, 1.165) is 30.3 Å². The van der Waals surface area contributed by atoms with Gasteiger partial charge in [0.25, 0.3) is 0 Å². The highest BCUT2D eigenvalue weighted by Gasteiger charge is 2.43. The van der Waals surface area contributed by atoms with Crippen molar-refractivity contribution in [2.24, 2.45) is 0 Å². The lowest BCUT2D eigenvalue weighted by Gasteiger charge is -2.17. The number of hydrogen-bond acceptors (Lipinski definition) is 9. The normalized spacial score (nSPS) is 24.1. The summed E-state index contributed by atoms with van der Waals surface area (Å²) in [5, 5.41) is 31.4. The molecule has 1 aliphatic rings. The minimum Gasteiger partial charge on any atom is -0.394 e. The Kier molecular flexibility index (Phi) is 8.64. The maximum Gasteiger partial charge on any atom is 0.431 e. The van der Waals surface area contributed by atoms with Gasteiger partial charge in [-0.3, -0.25) is 4.57 Å². The van der Waals surface area contributed by atoms with Gasteiger partial charge in [0, 0.05) is 18.8 Å². The van der Waals surface area contributed by atoms with Crippen LogP contribution in [0.1, 0.15) is 45.3 Å². The molecule has 2 heterocycles. The van der Waals surface area contributed by atoms with Crippen molar-refractivity contribution in [1.29, 1.82) is 0 Å². The van der Waals surface area contributed by atoms with Crippen LogP contribution >= 0.6 is 0 Å². The van der Waals surface area contributed by atoms with Crippen molar-refractivity contribution in [3.8, 4) is 0 Å². The van der Waals surface area contributed by atoms with E-state index in [-0.39, 0.29) is 5.82 Å². The van der Waals surface area contributed by atoms with Gasteiger partial charge in [-0.05, 0) is 6.42 Å². The van der Waals surface area contributed by atoms with Gasteiger partial charge in [-0.15, -0.1) is 0 Å². The summed E-state index contributed by atoms with van der Waals surface area (Å²) in [5.74, 6) is -0.00825. The van der Waals surface area contributed by atoms with E-state index in [2.05, 4.69) is 22.7 Å². The summed E-state index contributed by atoms with van der Waals surface area (Å²) >= 11 is 0. The zero-order valence-electron chi connectivity index (χ0n) is 15.8. The largest absolute Gasteiger partial charge is 0.431 e. The third kappa shape index (κ3) is 5.89. The monoisotopic (exact) mass is 400 g/mol. The zero-order chi connectivity index (χ0) is 20.5. The van der Waals surface area contributed by atoms with Crippen molar-refractivity contribution in [3.63, 3.8) is 0 Å². The molecule has 11 nitrogen and oxygen atoms in total. The van der Waals surface area contributed by atoms with Gasteiger partial charge in [-0.1, -0.05) is 32.6 Å². The van der Waals surface area contributed by atoms with Crippen LogP contribution in [-0.2, 0) is 9.57 Å². The number of aliphatic hydroxyl groups is 3. The topological polar surface area (TPSA) is 155 Å². The molecule has 4 unspecified atom stereocenters. The van der Waals surface area contributed by atoms with E-state index in [0.29, 0.717) is 6.54 Å². The standard InChI is InChI=1S/C17H28N4O7/c1-2-3-4-5-6-8-18-17(26)28-20-12-7-9-21(16(25)19-12)15-14(24)13(23)11(10-22)27-15/h7,9,11,13-15,22-24H,2-6,8,10H2,1H3,(H,18,26)(H,19,20,25). The molecule has 1 saturated heterocycles. The van der Waals surface area contributed by atoms with E-state index in [1.807, 2.05) is 0 Å². The van der Waals surface area contributed by atoms with Crippen molar-refractivity contribution in [3.05, 3.63) is 22.7 Å².